The van der Waals surface area contributed by atoms with Gasteiger partial charge in [-0.15, -0.1) is 0 Å². The van der Waals surface area contributed by atoms with Crippen LogP contribution in [0.5, 0.6) is 0 Å². The molecule has 0 atom stereocenters. The highest BCUT2D eigenvalue weighted by molar-refractivity contribution is 6.29. The molecule has 1 aromatic rings. The Bertz CT molecular complexity index is 511. The molecule has 1 aliphatic rings. The molecule has 2 rings (SSSR count). The normalized spacial score (nSPS) is 22.4. The quantitative estimate of drug-likeness (QED) is 0.687. The van der Waals surface area contributed by atoms with E-state index in [0.717, 1.165) is 31.2 Å². The van der Waals surface area contributed by atoms with Crippen molar-refractivity contribution in [3.8, 4) is 0 Å². The lowest BCUT2D eigenvalue weighted by Crippen LogP contribution is -2.39. The van der Waals surface area contributed by atoms with Crippen LogP contribution in [0.25, 0.3) is 6.08 Å². The molecule has 1 heterocycles. The minimum absolute atomic E-state index is 0.00427. The Morgan fingerprint density at radius 1 is 1.48 bits per heavy atom. The molecule has 1 fully saturated rings. The van der Waals surface area contributed by atoms with E-state index in [4.69, 9.17) is 16.7 Å². The Labute approximate surface area is 130 Å². The highest BCUT2D eigenvalue weighted by Gasteiger charge is 2.25. The second kappa shape index (κ2) is 7.57. The fourth-order valence-corrected chi connectivity index (χ4v) is 2.88. The zero-order valence-electron chi connectivity index (χ0n) is 12.2. The molecule has 0 saturated heterocycles. The minimum Gasteiger partial charge on any atom is -0.396 e. The van der Waals surface area contributed by atoms with Gasteiger partial charge in [0.1, 0.15) is 5.15 Å². The van der Waals surface area contributed by atoms with Crippen LogP contribution in [-0.2, 0) is 4.79 Å². The van der Waals surface area contributed by atoms with E-state index in [1.807, 2.05) is 13.1 Å². The molecule has 0 unspecified atom stereocenters. The summed E-state index contributed by atoms with van der Waals surface area (Å²) in [5.41, 5.74) is 0.862. The van der Waals surface area contributed by atoms with Gasteiger partial charge < -0.3 is 10.0 Å². The maximum Gasteiger partial charge on any atom is 0.246 e. The molecule has 114 valence electrons. The van der Waals surface area contributed by atoms with Crippen LogP contribution in [0.1, 0.15) is 31.2 Å². The molecule has 5 heteroatoms. The Hall–Kier alpha value is -1.39. The van der Waals surface area contributed by atoms with Gasteiger partial charge >= 0.3 is 0 Å². The highest BCUT2D eigenvalue weighted by Crippen LogP contribution is 2.26. The van der Waals surface area contributed by atoms with Gasteiger partial charge in [0.2, 0.25) is 5.91 Å². The van der Waals surface area contributed by atoms with E-state index in [0.29, 0.717) is 11.1 Å². The molecule has 1 aliphatic carbocycles. The molecule has 0 aliphatic heterocycles. The van der Waals surface area contributed by atoms with Gasteiger partial charge in [0.05, 0.1) is 0 Å². The average Bonchev–Trinajstić information content (AvgIpc) is 2.52. The van der Waals surface area contributed by atoms with E-state index >= 15 is 0 Å². The first-order valence-corrected chi connectivity index (χ1v) is 7.65. The maximum absolute atomic E-state index is 12.2. The predicted octanol–water partition coefficient (Wildman–Crippen LogP) is 2.76. The number of likely N-dealkylation sites (N-methyl/N-ethyl adjacent to an activating group) is 1. The monoisotopic (exact) mass is 308 g/mol. The SMILES string of the molecule is CN(C(=O)/C=C/c1ccnc(Cl)c1)C1CCC(CO)CC1. The molecule has 0 aromatic carbocycles. The van der Waals surface area contributed by atoms with Gasteiger partial charge in [0, 0.05) is 32.0 Å². The number of aliphatic hydroxyl groups is 1. The van der Waals surface area contributed by atoms with E-state index < -0.39 is 0 Å². The van der Waals surface area contributed by atoms with Crippen LogP contribution in [0.4, 0.5) is 0 Å². The molecule has 4 nitrogen and oxygen atoms in total. The number of pyridine rings is 1. The van der Waals surface area contributed by atoms with E-state index in [1.54, 1.807) is 29.3 Å². The summed E-state index contributed by atoms with van der Waals surface area (Å²) in [6, 6.07) is 3.80. The standard InChI is InChI=1S/C16H21ClN2O2/c1-19(14-5-2-13(11-20)3-6-14)16(21)7-4-12-8-9-18-15(17)10-12/h4,7-10,13-14,20H,2-3,5-6,11H2,1H3/b7-4+. The fraction of sp³-hybridized carbons (Fsp3) is 0.500. The minimum atomic E-state index is -0.00427. The average molecular weight is 309 g/mol. The third-order valence-electron chi connectivity index (χ3n) is 4.14. The predicted molar refractivity (Wildman–Crippen MR) is 83.9 cm³/mol. The largest absolute Gasteiger partial charge is 0.396 e. The van der Waals surface area contributed by atoms with Gasteiger partial charge in [-0.05, 0) is 55.4 Å². The van der Waals surface area contributed by atoms with Crippen LogP contribution >= 0.6 is 11.6 Å². The Morgan fingerprint density at radius 3 is 2.81 bits per heavy atom. The topological polar surface area (TPSA) is 53.4 Å². The van der Waals surface area contributed by atoms with Crippen molar-refractivity contribution in [2.24, 2.45) is 5.92 Å². The zero-order valence-corrected chi connectivity index (χ0v) is 13.0. The van der Waals surface area contributed by atoms with Crippen molar-refractivity contribution >= 4 is 23.6 Å². The molecular formula is C16H21ClN2O2. The van der Waals surface area contributed by atoms with E-state index in [2.05, 4.69) is 4.98 Å². The summed E-state index contributed by atoms with van der Waals surface area (Å²) in [6.45, 7) is 0.257. The molecule has 21 heavy (non-hydrogen) atoms. The maximum atomic E-state index is 12.2. The molecular weight excluding hydrogens is 288 g/mol. The van der Waals surface area contributed by atoms with Crippen molar-refractivity contribution in [3.63, 3.8) is 0 Å². The number of aliphatic hydroxyl groups excluding tert-OH is 1. The fourth-order valence-electron chi connectivity index (χ4n) is 2.70. The van der Waals surface area contributed by atoms with Crippen LogP contribution in [0.3, 0.4) is 0 Å². The van der Waals surface area contributed by atoms with Gasteiger partial charge in [-0.3, -0.25) is 4.79 Å². The number of carbonyl (C=O) groups excluding carboxylic acids is 1. The van der Waals surface area contributed by atoms with Crippen LogP contribution in [0.2, 0.25) is 5.15 Å². The molecule has 0 bridgehead atoms. The van der Waals surface area contributed by atoms with Crippen LogP contribution in [0.15, 0.2) is 24.4 Å². The third-order valence-corrected chi connectivity index (χ3v) is 4.35. The first-order valence-electron chi connectivity index (χ1n) is 7.27. The van der Waals surface area contributed by atoms with Gasteiger partial charge in [0.15, 0.2) is 0 Å². The van der Waals surface area contributed by atoms with Crippen molar-refractivity contribution in [2.75, 3.05) is 13.7 Å². The number of hydrogen-bond donors (Lipinski definition) is 1. The number of nitrogens with zero attached hydrogens (tertiary/aromatic N) is 2. The second-order valence-corrected chi connectivity index (χ2v) is 5.94. The summed E-state index contributed by atoms with van der Waals surface area (Å²) in [4.78, 5) is 17.9. The number of halogens is 1. The number of carbonyl (C=O) groups is 1. The van der Waals surface area contributed by atoms with Gasteiger partial charge in [-0.2, -0.15) is 0 Å². The van der Waals surface area contributed by atoms with Gasteiger partial charge in [-0.1, -0.05) is 11.6 Å². The molecule has 1 aromatic heterocycles. The first-order chi connectivity index (χ1) is 10.1. The smallest absolute Gasteiger partial charge is 0.246 e. The lowest BCUT2D eigenvalue weighted by atomic mass is 9.86. The Morgan fingerprint density at radius 2 is 2.19 bits per heavy atom. The third kappa shape index (κ3) is 4.55. The van der Waals surface area contributed by atoms with Gasteiger partial charge in [0.25, 0.3) is 0 Å². The zero-order chi connectivity index (χ0) is 15.2. The van der Waals surface area contributed by atoms with E-state index in [1.165, 1.54) is 0 Å². The summed E-state index contributed by atoms with van der Waals surface area (Å²) < 4.78 is 0. The Balaban J connectivity index is 1.91. The van der Waals surface area contributed by atoms with E-state index in [-0.39, 0.29) is 18.6 Å². The molecule has 0 radical (unpaired) electrons. The van der Waals surface area contributed by atoms with Crippen LogP contribution in [-0.4, -0.2) is 40.6 Å². The van der Waals surface area contributed by atoms with Gasteiger partial charge in [-0.25, -0.2) is 4.98 Å². The lowest BCUT2D eigenvalue weighted by molar-refractivity contribution is -0.127. The molecule has 1 amide bonds. The number of aromatic nitrogens is 1. The van der Waals surface area contributed by atoms with Crippen molar-refractivity contribution in [2.45, 2.75) is 31.7 Å². The molecule has 0 spiro atoms. The number of hydrogen-bond acceptors (Lipinski definition) is 3. The van der Waals surface area contributed by atoms with Crippen molar-refractivity contribution in [3.05, 3.63) is 35.1 Å². The van der Waals surface area contributed by atoms with Crippen molar-refractivity contribution < 1.29 is 9.90 Å². The molecule has 1 N–H and O–H groups in total. The highest BCUT2D eigenvalue weighted by atomic mass is 35.5. The summed E-state index contributed by atoms with van der Waals surface area (Å²) in [5, 5.41) is 9.57. The Kier molecular flexibility index (Phi) is 5.76. The number of rotatable bonds is 4. The molecule has 1 saturated carbocycles. The lowest BCUT2D eigenvalue weighted by Gasteiger charge is -2.33. The summed E-state index contributed by atoms with van der Waals surface area (Å²) in [5.74, 6) is 0.398. The van der Waals surface area contributed by atoms with E-state index in [9.17, 15) is 4.79 Å². The van der Waals surface area contributed by atoms with Crippen molar-refractivity contribution in [1.29, 1.82) is 0 Å². The summed E-state index contributed by atoms with van der Waals surface area (Å²) in [6.07, 6.45) is 8.84. The van der Waals surface area contributed by atoms with Crippen LogP contribution < -0.4 is 0 Å². The summed E-state index contributed by atoms with van der Waals surface area (Å²) >= 11 is 5.81. The van der Waals surface area contributed by atoms with Crippen molar-refractivity contribution in [1.82, 2.24) is 9.88 Å². The summed E-state index contributed by atoms with van der Waals surface area (Å²) in [7, 11) is 1.84. The van der Waals surface area contributed by atoms with Crippen LogP contribution in [0, 0.1) is 5.92 Å². The number of amides is 1. The first kappa shape index (κ1) is 16.0. The second-order valence-electron chi connectivity index (χ2n) is 5.55.